The van der Waals surface area contributed by atoms with Crippen LogP contribution in [0.15, 0.2) is 59.2 Å². The number of halogens is 2. The van der Waals surface area contributed by atoms with Crippen molar-refractivity contribution in [1.29, 1.82) is 0 Å². The summed E-state index contributed by atoms with van der Waals surface area (Å²) in [6.07, 6.45) is 1.78. The minimum Gasteiger partial charge on any atom is -0.379 e. The summed E-state index contributed by atoms with van der Waals surface area (Å²) in [5, 5.41) is 5.11. The molecule has 2 nitrogen and oxygen atoms in total. The van der Waals surface area contributed by atoms with Gasteiger partial charge in [0.05, 0.1) is 16.2 Å². The van der Waals surface area contributed by atoms with E-state index in [1.807, 2.05) is 36.4 Å². The fourth-order valence-corrected chi connectivity index (χ4v) is 2.79. The van der Waals surface area contributed by atoms with Crippen molar-refractivity contribution in [1.82, 2.24) is 4.98 Å². The Balaban J connectivity index is 1.90. The number of hydrogen-bond donors (Lipinski definition) is 1. The number of nitrogens with one attached hydrogen (secondary N) is 1. The summed E-state index contributed by atoms with van der Waals surface area (Å²) in [5.41, 5.74) is 3.10. The first-order valence-electron chi connectivity index (χ1n) is 6.25. The lowest BCUT2D eigenvalue weighted by Crippen LogP contribution is -2.00. The zero-order chi connectivity index (χ0) is 13.9. The molecule has 2 aromatic carbocycles. The van der Waals surface area contributed by atoms with Crippen molar-refractivity contribution in [3.8, 4) is 0 Å². The minimum atomic E-state index is 0.723. The summed E-state index contributed by atoms with van der Waals surface area (Å²) in [6, 6.07) is 16.0. The first-order valence-corrected chi connectivity index (χ1v) is 7.43. The molecule has 0 bridgehead atoms. The van der Waals surface area contributed by atoms with Crippen molar-refractivity contribution in [2.75, 3.05) is 5.32 Å². The molecule has 0 aliphatic rings. The SMILES string of the molecule is Clc1ccc(NCc2cccc(Br)c2)c2ncccc12. The van der Waals surface area contributed by atoms with Crippen molar-refractivity contribution in [2.45, 2.75) is 6.54 Å². The Labute approximate surface area is 130 Å². The molecule has 1 N–H and O–H groups in total. The van der Waals surface area contributed by atoms with Crippen LogP contribution in [-0.4, -0.2) is 4.98 Å². The summed E-state index contributed by atoms with van der Waals surface area (Å²) in [7, 11) is 0. The zero-order valence-electron chi connectivity index (χ0n) is 10.6. The van der Waals surface area contributed by atoms with Gasteiger partial charge in [-0.3, -0.25) is 4.98 Å². The molecule has 0 atom stereocenters. The first kappa shape index (κ1) is 13.4. The Morgan fingerprint density at radius 1 is 1.10 bits per heavy atom. The zero-order valence-corrected chi connectivity index (χ0v) is 12.9. The molecule has 0 aliphatic carbocycles. The van der Waals surface area contributed by atoms with E-state index in [9.17, 15) is 0 Å². The lowest BCUT2D eigenvalue weighted by molar-refractivity contribution is 1.15. The molecule has 0 unspecified atom stereocenters. The monoisotopic (exact) mass is 346 g/mol. The number of hydrogen-bond acceptors (Lipinski definition) is 2. The van der Waals surface area contributed by atoms with Gasteiger partial charge in [-0.05, 0) is 42.0 Å². The summed E-state index contributed by atoms with van der Waals surface area (Å²) in [6.45, 7) is 0.743. The summed E-state index contributed by atoms with van der Waals surface area (Å²) < 4.78 is 1.08. The Kier molecular flexibility index (Phi) is 3.90. The molecule has 0 aliphatic heterocycles. The van der Waals surface area contributed by atoms with Gasteiger partial charge in [0.25, 0.3) is 0 Å². The highest BCUT2D eigenvalue weighted by Crippen LogP contribution is 2.28. The molecule has 0 saturated carbocycles. The van der Waals surface area contributed by atoms with Crippen LogP contribution < -0.4 is 5.32 Å². The standard InChI is InChI=1S/C16H12BrClN2/c17-12-4-1-3-11(9-12)10-20-15-7-6-14(18)13-5-2-8-19-16(13)15/h1-9,20H,10H2. The molecule has 100 valence electrons. The smallest absolute Gasteiger partial charge is 0.0948 e. The van der Waals surface area contributed by atoms with Crippen LogP contribution in [0.1, 0.15) is 5.56 Å². The van der Waals surface area contributed by atoms with Gasteiger partial charge in [-0.2, -0.15) is 0 Å². The molecule has 1 heterocycles. The van der Waals surface area contributed by atoms with Gasteiger partial charge in [0.1, 0.15) is 0 Å². The quantitative estimate of drug-likeness (QED) is 0.699. The van der Waals surface area contributed by atoms with E-state index >= 15 is 0 Å². The molecule has 0 radical (unpaired) electrons. The number of fused-ring (bicyclic) bond motifs is 1. The molecule has 20 heavy (non-hydrogen) atoms. The summed E-state index contributed by atoms with van der Waals surface area (Å²) in [5.74, 6) is 0. The maximum absolute atomic E-state index is 6.19. The largest absolute Gasteiger partial charge is 0.379 e. The third kappa shape index (κ3) is 2.79. The van der Waals surface area contributed by atoms with E-state index in [-0.39, 0.29) is 0 Å². The summed E-state index contributed by atoms with van der Waals surface area (Å²) in [4.78, 5) is 4.42. The molecule has 0 fully saturated rings. The number of nitrogens with zero attached hydrogens (tertiary/aromatic N) is 1. The topological polar surface area (TPSA) is 24.9 Å². The highest BCUT2D eigenvalue weighted by Gasteiger charge is 2.05. The van der Waals surface area contributed by atoms with Gasteiger partial charge < -0.3 is 5.32 Å². The molecular weight excluding hydrogens is 336 g/mol. The van der Waals surface area contributed by atoms with Crippen molar-refractivity contribution in [3.05, 3.63) is 69.8 Å². The molecule has 0 amide bonds. The van der Waals surface area contributed by atoms with Gasteiger partial charge >= 0.3 is 0 Å². The molecule has 3 rings (SSSR count). The predicted molar refractivity (Wildman–Crippen MR) is 88.2 cm³/mol. The average Bonchev–Trinajstić information content (AvgIpc) is 2.47. The van der Waals surface area contributed by atoms with E-state index in [0.717, 1.165) is 32.6 Å². The van der Waals surface area contributed by atoms with Crippen LogP contribution in [0.2, 0.25) is 5.02 Å². The lowest BCUT2D eigenvalue weighted by Gasteiger charge is -2.10. The molecule has 0 spiro atoms. The van der Waals surface area contributed by atoms with E-state index in [2.05, 4.69) is 38.4 Å². The minimum absolute atomic E-state index is 0.723. The normalized spacial score (nSPS) is 10.7. The van der Waals surface area contributed by atoms with Crippen LogP contribution in [0.3, 0.4) is 0 Å². The van der Waals surface area contributed by atoms with Crippen LogP contribution in [-0.2, 0) is 6.54 Å². The van der Waals surface area contributed by atoms with Crippen molar-refractivity contribution in [2.24, 2.45) is 0 Å². The van der Waals surface area contributed by atoms with E-state index in [4.69, 9.17) is 11.6 Å². The van der Waals surface area contributed by atoms with Gasteiger partial charge in [-0.1, -0.05) is 39.7 Å². The second kappa shape index (κ2) is 5.81. The lowest BCUT2D eigenvalue weighted by atomic mass is 10.1. The van der Waals surface area contributed by atoms with Crippen molar-refractivity contribution in [3.63, 3.8) is 0 Å². The van der Waals surface area contributed by atoms with Gasteiger partial charge in [-0.15, -0.1) is 0 Å². The van der Waals surface area contributed by atoms with E-state index in [1.165, 1.54) is 5.56 Å². The Morgan fingerprint density at radius 2 is 2.00 bits per heavy atom. The highest BCUT2D eigenvalue weighted by atomic mass is 79.9. The Hall–Kier alpha value is -1.58. The maximum atomic E-state index is 6.19. The Morgan fingerprint density at radius 3 is 2.85 bits per heavy atom. The van der Waals surface area contributed by atoms with E-state index < -0.39 is 0 Å². The number of aromatic nitrogens is 1. The third-order valence-electron chi connectivity index (χ3n) is 3.09. The number of anilines is 1. The second-order valence-electron chi connectivity index (χ2n) is 4.48. The van der Waals surface area contributed by atoms with Crippen molar-refractivity contribution < 1.29 is 0 Å². The van der Waals surface area contributed by atoms with Crippen LogP contribution in [0.4, 0.5) is 5.69 Å². The molecule has 1 aromatic heterocycles. The number of rotatable bonds is 3. The Bertz CT molecular complexity index is 758. The second-order valence-corrected chi connectivity index (χ2v) is 5.80. The van der Waals surface area contributed by atoms with Crippen LogP contribution in [0.25, 0.3) is 10.9 Å². The van der Waals surface area contributed by atoms with Crippen LogP contribution >= 0.6 is 27.5 Å². The fraction of sp³-hybridized carbons (Fsp3) is 0.0625. The highest BCUT2D eigenvalue weighted by molar-refractivity contribution is 9.10. The average molecular weight is 348 g/mol. The maximum Gasteiger partial charge on any atom is 0.0948 e. The van der Waals surface area contributed by atoms with Crippen LogP contribution in [0.5, 0.6) is 0 Å². The number of pyridine rings is 1. The fourth-order valence-electron chi connectivity index (χ4n) is 2.12. The molecule has 4 heteroatoms. The van der Waals surface area contributed by atoms with E-state index in [1.54, 1.807) is 6.20 Å². The van der Waals surface area contributed by atoms with Crippen molar-refractivity contribution >= 4 is 44.1 Å². The summed E-state index contributed by atoms with van der Waals surface area (Å²) >= 11 is 9.67. The van der Waals surface area contributed by atoms with Gasteiger partial charge in [-0.25, -0.2) is 0 Å². The molecular formula is C16H12BrClN2. The molecule has 0 saturated heterocycles. The number of benzene rings is 2. The van der Waals surface area contributed by atoms with Gasteiger partial charge in [0.2, 0.25) is 0 Å². The van der Waals surface area contributed by atoms with E-state index in [0.29, 0.717) is 0 Å². The third-order valence-corrected chi connectivity index (χ3v) is 3.91. The predicted octanol–water partition coefficient (Wildman–Crippen LogP) is 5.26. The van der Waals surface area contributed by atoms with Crippen LogP contribution in [0, 0.1) is 0 Å². The van der Waals surface area contributed by atoms with Gasteiger partial charge in [0, 0.05) is 22.6 Å². The van der Waals surface area contributed by atoms with Gasteiger partial charge in [0.15, 0.2) is 0 Å². The first-order chi connectivity index (χ1) is 9.74. The molecule has 3 aromatic rings.